The van der Waals surface area contributed by atoms with E-state index in [0.717, 1.165) is 16.9 Å². The third-order valence-electron chi connectivity index (χ3n) is 4.50. The van der Waals surface area contributed by atoms with Gasteiger partial charge in [-0.2, -0.15) is 13.2 Å². The lowest BCUT2D eigenvalue weighted by atomic mass is 10.1. The Morgan fingerprint density at radius 2 is 1.77 bits per heavy atom. The van der Waals surface area contributed by atoms with Crippen molar-refractivity contribution in [3.63, 3.8) is 0 Å². The quantitative estimate of drug-likeness (QED) is 0.539. The van der Waals surface area contributed by atoms with Crippen LogP contribution in [0.3, 0.4) is 0 Å². The smallest absolute Gasteiger partial charge is 0.449 e. The van der Waals surface area contributed by atoms with Crippen LogP contribution in [0.5, 0.6) is 5.75 Å². The SMILES string of the molecule is Cc1cccc(OCCCCn2c(C(F)(F)F)nc3ccccc32)c1C. The van der Waals surface area contributed by atoms with Gasteiger partial charge in [0.25, 0.3) is 0 Å². The van der Waals surface area contributed by atoms with Gasteiger partial charge in [-0.15, -0.1) is 0 Å². The van der Waals surface area contributed by atoms with Gasteiger partial charge in [0.1, 0.15) is 5.75 Å². The summed E-state index contributed by atoms with van der Waals surface area (Å²) < 4.78 is 46.8. The van der Waals surface area contributed by atoms with Crippen molar-refractivity contribution in [2.45, 2.75) is 39.4 Å². The number of para-hydroxylation sites is 2. The van der Waals surface area contributed by atoms with Gasteiger partial charge in [0, 0.05) is 6.54 Å². The van der Waals surface area contributed by atoms with Crippen molar-refractivity contribution >= 4 is 11.0 Å². The number of aryl methyl sites for hydroxylation is 2. The minimum absolute atomic E-state index is 0.255. The molecule has 0 spiro atoms. The van der Waals surface area contributed by atoms with E-state index in [9.17, 15) is 13.2 Å². The maximum Gasteiger partial charge on any atom is 0.449 e. The molecule has 3 aromatic rings. The van der Waals surface area contributed by atoms with Gasteiger partial charge in [0.2, 0.25) is 5.82 Å². The summed E-state index contributed by atoms with van der Waals surface area (Å²) in [5.41, 5.74) is 3.12. The van der Waals surface area contributed by atoms with Gasteiger partial charge in [-0.05, 0) is 56.0 Å². The molecule has 26 heavy (non-hydrogen) atoms. The van der Waals surface area contributed by atoms with Crippen molar-refractivity contribution < 1.29 is 17.9 Å². The van der Waals surface area contributed by atoms with Crippen molar-refractivity contribution in [3.8, 4) is 5.75 Å². The van der Waals surface area contributed by atoms with Gasteiger partial charge in [0.15, 0.2) is 0 Å². The summed E-state index contributed by atoms with van der Waals surface area (Å²) in [6.45, 7) is 4.74. The molecule has 0 aliphatic heterocycles. The molecule has 138 valence electrons. The zero-order valence-corrected chi connectivity index (χ0v) is 14.8. The summed E-state index contributed by atoms with van der Waals surface area (Å²) in [5.74, 6) is -0.0109. The Morgan fingerprint density at radius 1 is 1.00 bits per heavy atom. The molecule has 6 heteroatoms. The molecule has 0 saturated heterocycles. The van der Waals surface area contributed by atoms with Crippen LogP contribution in [0.15, 0.2) is 42.5 Å². The molecule has 0 N–H and O–H groups in total. The fraction of sp³-hybridized carbons (Fsp3) is 0.350. The monoisotopic (exact) mass is 362 g/mol. The van der Waals surface area contributed by atoms with Gasteiger partial charge >= 0.3 is 6.18 Å². The fourth-order valence-electron chi connectivity index (χ4n) is 2.95. The highest BCUT2D eigenvalue weighted by atomic mass is 19.4. The van der Waals surface area contributed by atoms with Crippen molar-refractivity contribution in [3.05, 3.63) is 59.4 Å². The molecule has 3 rings (SSSR count). The number of nitrogens with zero attached hydrogens (tertiary/aromatic N) is 2. The van der Waals surface area contributed by atoms with Crippen LogP contribution in [-0.4, -0.2) is 16.2 Å². The minimum Gasteiger partial charge on any atom is -0.493 e. The maximum atomic E-state index is 13.3. The molecule has 1 aromatic heterocycles. The second-order valence-corrected chi connectivity index (χ2v) is 6.33. The van der Waals surface area contributed by atoms with E-state index >= 15 is 0 Å². The van der Waals surface area contributed by atoms with E-state index in [-0.39, 0.29) is 6.54 Å². The molecule has 3 nitrogen and oxygen atoms in total. The number of rotatable bonds is 6. The Kier molecular flexibility index (Phi) is 5.20. The number of fused-ring (bicyclic) bond motifs is 1. The third-order valence-corrected chi connectivity index (χ3v) is 4.50. The van der Waals surface area contributed by atoms with E-state index in [1.54, 1.807) is 24.3 Å². The summed E-state index contributed by atoms with van der Waals surface area (Å²) in [4.78, 5) is 3.76. The highest BCUT2D eigenvalue weighted by Gasteiger charge is 2.37. The van der Waals surface area contributed by atoms with Crippen molar-refractivity contribution in [2.24, 2.45) is 0 Å². The maximum absolute atomic E-state index is 13.3. The summed E-state index contributed by atoms with van der Waals surface area (Å²) >= 11 is 0. The van der Waals surface area contributed by atoms with Crippen LogP contribution in [0.2, 0.25) is 0 Å². The Labute approximate surface area is 150 Å². The summed E-state index contributed by atoms with van der Waals surface area (Å²) in [5, 5.41) is 0. The molecule has 0 radical (unpaired) electrons. The van der Waals surface area contributed by atoms with Crippen molar-refractivity contribution in [2.75, 3.05) is 6.61 Å². The number of alkyl halides is 3. The normalized spacial score (nSPS) is 11.9. The second kappa shape index (κ2) is 7.40. The Balaban J connectivity index is 1.64. The summed E-state index contributed by atoms with van der Waals surface area (Å²) in [6.07, 6.45) is -3.22. The zero-order valence-electron chi connectivity index (χ0n) is 14.8. The first-order chi connectivity index (χ1) is 12.4. The largest absolute Gasteiger partial charge is 0.493 e. The van der Waals surface area contributed by atoms with Gasteiger partial charge in [-0.3, -0.25) is 0 Å². The molecule has 0 aliphatic rings. The minimum atomic E-state index is -4.46. The van der Waals surface area contributed by atoms with Gasteiger partial charge in [-0.25, -0.2) is 4.98 Å². The first-order valence-electron chi connectivity index (χ1n) is 8.59. The highest BCUT2D eigenvalue weighted by molar-refractivity contribution is 5.76. The van der Waals surface area contributed by atoms with Crippen LogP contribution in [0.25, 0.3) is 11.0 Å². The standard InChI is InChI=1S/C20H21F3N2O/c1-14-8-7-11-18(15(14)2)26-13-6-5-12-25-17-10-4-3-9-16(17)24-19(25)20(21,22)23/h3-4,7-11H,5-6,12-13H2,1-2H3. The molecule has 0 fully saturated rings. The molecule has 0 saturated carbocycles. The van der Waals surface area contributed by atoms with Crippen LogP contribution in [-0.2, 0) is 12.7 Å². The molecular formula is C20H21F3N2O. The zero-order chi connectivity index (χ0) is 18.7. The average Bonchev–Trinajstić information content (AvgIpc) is 2.97. The summed E-state index contributed by atoms with van der Waals surface area (Å²) in [6, 6.07) is 12.6. The van der Waals surface area contributed by atoms with E-state index < -0.39 is 12.0 Å². The number of aromatic nitrogens is 2. The highest BCUT2D eigenvalue weighted by Crippen LogP contribution is 2.31. The third kappa shape index (κ3) is 3.84. The molecule has 2 aromatic carbocycles. The lowest BCUT2D eigenvalue weighted by Crippen LogP contribution is -2.15. The first-order valence-corrected chi connectivity index (χ1v) is 8.59. The lowest BCUT2D eigenvalue weighted by Gasteiger charge is -2.13. The molecule has 0 unspecified atom stereocenters. The summed E-state index contributed by atoms with van der Waals surface area (Å²) in [7, 11) is 0. The number of ether oxygens (including phenoxy) is 1. The molecule has 0 aliphatic carbocycles. The number of hydrogen-bond acceptors (Lipinski definition) is 2. The Morgan fingerprint density at radius 3 is 2.54 bits per heavy atom. The Bertz CT molecular complexity index is 900. The van der Waals surface area contributed by atoms with Crippen LogP contribution < -0.4 is 4.74 Å². The fourth-order valence-corrected chi connectivity index (χ4v) is 2.95. The van der Waals surface area contributed by atoms with Crippen LogP contribution in [0, 0.1) is 13.8 Å². The Hall–Kier alpha value is -2.50. The van der Waals surface area contributed by atoms with E-state index in [1.165, 1.54) is 4.57 Å². The van der Waals surface area contributed by atoms with Crippen LogP contribution in [0.1, 0.15) is 29.8 Å². The number of hydrogen-bond donors (Lipinski definition) is 0. The number of benzene rings is 2. The number of unbranched alkanes of at least 4 members (excludes halogenated alkanes) is 1. The van der Waals surface area contributed by atoms with Crippen molar-refractivity contribution in [1.29, 1.82) is 0 Å². The van der Waals surface area contributed by atoms with E-state index in [0.29, 0.717) is 30.5 Å². The van der Waals surface area contributed by atoms with Gasteiger partial charge in [-0.1, -0.05) is 24.3 Å². The van der Waals surface area contributed by atoms with E-state index in [1.807, 2.05) is 32.0 Å². The second-order valence-electron chi connectivity index (χ2n) is 6.33. The van der Waals surface area contributed by atoms with Gasteiger partial charge < -0.3 is 9.30 Å². The van der Waals surface area contributed by atoms with Gasteiger partial charge in [0.05, 0.1) is 17.6 Å². The first kappa shape index (κ1) is 18.3. The number of imidazole rings is 1. The topological polar surface area (TPSA) is 27.1 Å². The predicted octanol–water partition coefficient (Wildman–Crippen LogP) is 5.53. The van der Waals surface area contributed by atoms with Crippen LogP contribution in [0.4, 0.5) is 13.2 Å². The van der Waals surface area contributed by atoms with E-state index in [2.05, 4.69) is 4.98 Å². The van der Waals surface area contributed by atoms with Crippen LogP contribution >= 0.6 is 0 Å². The molecule has 0 bridgehead atoms. The lowest BCUT2D eigenvalue weighted by molar-refractivity contribution is -0.147. The molecule has 0 amide bonds. The number of halogens is 3. The molecule has 1 heterocycles. The van der Waals surface area contributed by atoms with E-state index in [4.69, 9.17) is 4.74 Å². The average molecular weight is 362 g/mol. The molecular weight excluding hydrogens is 341 g/mol. The van der Waals surface area contributed by atoms with Crippen molar-refractivity contribution in [1.82, 2.24) is 9.55 Å². The molecule has 0 atom stereocenters. The predicted molar refractivity (Wildman–Crippen MR) is 95.4 cm³/mol.